The second-order valence-corrected chi connectivity index (χ2v) is 10.7. The summed E-state index contributed by atoms with van der Waals surface area (Å²) in [5, 5.41) is 14.0. The molecular formula is C24H27N5OS2. The van der Waals surface area contributed by atoms with Crippen molar-refractivity contribution in [2.45, 2.75) is 58.5 Å². The van der Waals surface area contributed by atoms with E-state index < -0.39 is 0 Å². The number of nitrogens with zero attached hydrogens (tertiary/aromatic N) is 4. The average Bonchev–Trinajstić information content (AvgIpc) is 3.34. The summed E-state index contributed by atoms with van der Waals surface area (Å²) in [5.41, 5.74) is 5.30. The molecule has 1 aliphatic rings. The molecule has 1 aromatic carbocycles. The van der Waals surface area contributed by atoms with E-state index >= 15 is 0 Å². The van der Waals surface area contributed by atoms with Gasteiger partial charge in [-0.15, -0.1) is 21.5 Å². The fourth-order valence-corrected chi connectivity index (χ4v) is 6.67. The van der Waals surface area contributed by atoms with Crippen molar-refractivity contribution in [3.8, 4) is 0 Å². The van der Waals surface area contributed by atoms with E-state index in [1.54, 1.807) is 0 Å². The minimum Gasteiger partial charge on any atom is -0.325 e. The highest BCUT2D eigenvalue weighted by Gasteiger charge is 2.25. The predicted molar refractivity (Wildman–Crippen MR) is 132 cm³/mol. The monoisotopic (exact) mass is 465 g/mol. The molecule has 3 aromatic heterocycles. The van der Waals surface area contributed by atoms with Gasteiger partial charge in [-0.3, -0.25) is 9.20 Å². The number of carbonyl (C=O) groups excluding carboxylic acids is 1. The lowest BCUT2D eigenvalue weighted by atomic mass is 9.89. The van der Waals surface area contributed by atoms with Gasteiger partial charge in [-0.05, 0) is 55.7 Å². The van der Waals surface area contributed by atoms with Crippen molar-refractivity contribution in [3.05, 3.63) is 45.6 Å². The zero-order valence-corrected chi connectivity index (χ0v) is 20.5. The van der Waals surface area contributed by atoms with Gasteiger partial charge < -0.3 is 5.32 Å². The Labute approximate surface area is 195 Å². The minimum atomic E-state index is -0.0434. The Morgan fingerprint density at radius 3 is 2.81 bits per heavy atom. The van der Waals surface area contributed by atoms with Gasteiger partial charge in [0.25, 0.3) is 0 Å². The van der Waals surface area contributed by atoms with Crippen LogP contribution in [0.15, 0.2) is 23.4 Å². The van der Waals surface area contributed by atoms with E-state index in [4.69, 9.17) is 4.98 Å². The number of benzene rings is 1. The summed E-state index contributed by atoms with van der Waals surface area (Å²) in [4.78, 5) is 20.2. The van der Waals surface area contributed by atoms with Gasteiger partial charge in [-0.1, -0.05) is 43.8 Å². The number of hydrogen-bond acceptors (Lipinski definition) is 6. The first kappa shape index (κ1) is 21.4. The van der Waals surface area contributed by atoms with Crippen LogP contribution in [0.2, 0.25) is 0 Å². The molecule has 32 heavy (non-hydrogen) atoms. The number of nitrogens with one attached hydrogen (secondary N) is 1. The number of aromatic nitrogens is 4. The lowest BCUT2D eigenvalue weighted by molar-refractivity contribution is -0.113. The van der Waals surface area contributed by atoms with Gasteiger partial charge in [0.05, 0.1) is 11.1 Å². The molecule has 0 spiro atoms. The van der Waals surface area contributed by atoms with Gasteiger partial charge in [0.2, 0.25) is 5.91 Å². The van der Waals surface area contributed by atoms with E-state index in [2.05, 4.69) is 33.8 Å². The first-order valence-electron chi connectivity index (χ1n) is 11.1. The number of rotatable bonds is 5. The Morgan fingerprint density at radius 2 is 2.06 bits per heavy atom. The zero-order chi connectivity index (χ0) is 22.4. The van der Waals surface area contributed by atoms with E-state index in [9.17, 15) is 4.79 Å². The zero-order valence-electron chi connectivity index (χ0n) is 18.9. The van der Waals surface area contributed by atoms with Crippen LogP contribution in [0.5, 0.6) is 0 Å². The lowest BCUT2D eigenvalue weighted by Crippen LogP contribution is -2.16. The van der Waals surface area contributed by atoms with Gasteiger partial charge in [0.1, 0.15) is 10.7 Å². The van der Waals surface area contributed by atoms with Gasteiger partial charge in [0, 0.05) is 17.0 Å². The maximum atomic E-state index is 12.7. The van der Waals surface area contributed by atoms with Gasteiger partial charge in [0.15, 0.2) is 10.8 Å². The second kappa shape index (κ2) is 8.48. The number of thioether (sulfide) groups is 1. The number of para-hydroxylation sites is 1. The standard InChI is InChI=1S/C24H27N5OS2/c1-5-18-25-23-20(16-10-9-13(2)11-17(16)32-23)22-27-28-24(29(18)22)31-12-19(30)26-21-14(3)7-6-8-15(21)4/h6-8,13H,5,9-12H2,1-4H3,(H,26,30)/t13-/m0/s1. The maximum absolute atomic E-state index is 12.7. The number of amides is 1. The van der Waals surface area contributed by atoms with Crippen molar-refractivity contribution < 1.29 is 4.79 Å². The number of aryl methyl sites for hydroxylation is 4. The van der Waals surface area contributed by atoms with Crippen molar-refractivity contribution in [3.63, 3.8) is 0 Å². The molecule has 5 rings (SSSR count). The van der Waals surface area contributed by atoms with E-state index in [0.717, 1.165) is 68.8 Å². The number of anilines is 1. The first-order chi connectivity index (χ1) is 15.5. The molecule has 1 N–H and O–H groups in total. The smallest absolute Gasteiger partial charge is 0.234 e. The van der Waals surface area contributed by atoms with Crippen molar-refractivity contribution in [1.29, 1.82) is 0 Å². The van der Waals surface area contributed by atoms with Crippen molar-refractivity contribution in [2.75, 3.05) is 11.1 Å². The number of hydrogen-bond donors (Lipinski definition) is 1. The van der Waals surface area contributed by atoms with Gasteiger partial charge >= 0.3 is 0 Å². The van der Waals surface area contributed by atoms with Crippen LogP contribution in [0.4, 0.5) is 5.69 Å². The predicted octanol–water partition coefficient (Wildman–Crippen LogP) is 5.37. The summed E-state index contributed by atoms with van der Waals surface area (Å²) in [6.45, 7) is 8.44. The SMILES string of the molecule is CCc1nc2sc3c(c2c2nnc(SCC(=O)Nc4c(C)cccc4C)n12)CC[C@H](C)C3. The fraction of sp³-hybridized carbons (Fsp3) is 0.417. The summed E-state index contributed by atoms with van der Waals surface area (Å²) in [6.07, 6.45) is 4.19. The summed E-state index contributed by atoms with van der Waals surface area (Å²) < 4.78 is 2.06. The van der Waals surface area contributed by atoms with Gasteiger partial charge in [-0.25, -0.2) is 4.98 Å². The molecule has 1 amide bonds. The summed E-state index contributed by atoms with van der Waals surface area (Å²) >= 11 is 3.23. The Kier molecular flexibility index (Phi) is 5.67. The fourth-order valence-electron chi connectivity index (χ4n) is 4.53. The summed E-state index contributed by atoms with van der Waals surface area (Å²) in [5.74, 6) is 1.89. The van der Waals surface area contributed by atoms with Crippen LogP contribution in [-0.4, -0.2) is 31.2 Å². The Hall–Kier alpha value is -2.45. The Morgan fingerprint density at radius 1 is 1.28 bits per heavy atom. The lowest BCUT2D eigenvalue weighted by Gasteiger charge is -2.17. The second-order valence-electron chi connectivity index (χ2n) is 8.66. The normalized spacial score (nSPS) is 15.9. The van der Waals surface area contributed by atoms with Crippen molar-refractivity contribution in [2.24, 2.45) is 5.92 Å². The molecule has 0 fully saturated rings. The number of thiophene rings is 1. The highest BCUT2D eigenvalue weighted by atomic mass is 32.2. The molecular weight excluding hydrogens is 438 g/mol. The van der Waals surface area contributed by atoms with Crippen LogP contribution in [0.25, 0.3) is 15.9 Å². The summed E-state index contributed by atoms with van der Waals surface area (Å²) in [7, 11) is 0. The Bertz CT molecular complexity index is 1320. The van der Waals surface area contributed by atoms with Crippen molar-refractivity contribution in [1.82, 2.24) is 19.6 Å². The topological polar surface area (TPSA) is 72.2 Å². The highest BCUT2D eigenvalue weighted by Crippen LogP contribution is 2.39. The molecule has 0 saturated carbocycles. The van der Waals surface area contributed by atoms with E-state index in [0.29, 0.717) is 0 Å². The third-order valence-electron chi connectivity index (χ3n) is 6.23. The molecule has 0 aliphatic heterocycles. The molecule has 3 heterocycles. The van der Waals surface area contributed by atoms with Crippen LogP contribution in [0, 0.1) is 19.8 Å². The molecule has 0 radical (unpaired) electrons. The third kappa shape index (κ3) is 3.69. The molecule has 0 saturated heterocycles. The summed E-state index contributed by atoms with van der Waals surface area (Å²) in [6, 6.07) is 6.02. The van der Waals surface area contributed by atoms with Crippen LogP contribution in [0.1, 0.15) is 47.7 Å². The molecule has 0 bridgehead atoms. The number of carbonyl (C=O) groups is 1. The van der Waals surface area contributed by atoms with E-state index in [1.807, 2.05) is 43.4 Å². The molecule has 166 valence electrons. The molecule has 4 aromatic rings. The minimum absolute atomic E-state index is 0.0434. The average molecular weight is 466 g/mol. The van der Waals surface area contributed by atoms with E-state index in [-0.39, 0.29) is 11.7 Å². The number of fused-ring (bicyclic) bond motifs is 5. The van der Waals surface area contributed by atoms with Crippen LogP contribution >= 0.6 is 23.1 Å². The van der Waals surface area contributed by atoms with Gasteiger partial charge in [-0.2, -0.15) is 0 Å². The molecule has 0 unspecified atom stereocenters. The Balaban J connectivity index is 1.46. The van der Waals surface area contributed by atoms with Crippen LogP contribution < -0.4 is 5.32 Å². The first-order valence-corrected chi connectivity index (χ1v) is 12.9. The third-order valence-corrected chi connectivity index (χ3v) is 8.31. The molecule has 1 aliphatic carbocycles. The molecule has 1 atom stereocenters. The highest BCUT2D eigenvalue weighted by molar-refractivity contribution is 7.99. The maximum Gasteiger partial charge on any atom is 0.234 e. The molecule has 6 nitrogen and oxygen atoms in total. The molecule has 8 heteroatoms. The largest absolute Gasteiger partial charge is 0.325 e. The quantitative estimate of drug-likeness (QED) is 0.401. The van der Waals surface area contributed by atoms with E-state index in [1.165, 1.54) is 28.6 Å². The van der Waals surface area contributed by atoms with Crippen LogP contribution in [0.3, 0.4) is 0 Å². The van der Waals surface area contributed by atoms with Crippen LogP contribution in [-0.2, 0) is 24.1 Å². The van der Waals surface area contributed by atoms with Crippen molar-refractivity contribution >= 4 is 50.6 Å².